The summed E-state index contributed by atoms with van der Waals surface area (Å²) < 4.78 is 0. The number of aromatic nitrogens is 1. The van der Waals surface area contributed by atoms with Gasteiger partial charge in [-0.25, -0.2) is 0 Å². The second-order valence-corrected chi connectivity index (χ2v) is 5.06. The van der Waals surface area contributed by atoms with Crippen LogP contribution in [0.1, 0.15) is 22.3 Å². The van der Waals surface area contributed by atoms with Crippen molar-refractivity contribution in [3.05, 3.63) is 65.0 Å². The molecule has 19 heavy (non-hydrogen) atoms. The molecule has 3 N–H and O–H groups in total. The Morgan fingerprint density at radius 2 is 1.84 bits per heavy atom. The Morgan fingerprint density at radius 1 is 1.11 bits per heavy atom. The van der Waals surface area contributed by atoms with Gasteiger partial charge in [0.15, 0.2) is 0 Å². The zero-order chi connectivity index (χ0) is 13.7. The van der Waals surface area contributed by atoms with Gasteiger partial charge in [0.1, 0.15) is 0 Å². The van der Waals surface area contributed by atoms with E-state index in [1.165, 1.54) is 22.3 Å². The molecule has 1 aromatic heterocycles. The van der Waals surface area contributed by atoms with E-state index in [1.807, 2.05) is 24.5 Å². The van der Waals surface area contributed by atoms with Gasteiger partial charge in [0.2, 0.25) is 0 Å². The highest BCUT2D eigenvalue weighted by atomic mass is 15.2. The summed E-state index contributed by atoms with van der Waals surface area (Å²) in [5.41, 5.74) is 8.15. The van der Waals surface area contributed by atoms with Crippen LogP contribution >= 0.6 is 0 Å². The molecule has 0 radical (unpaired) electrons. The predicted octanol–water partition coefficient (Wildman–Crippen LogP) is 2.32. The SMILES string of the molecule is Cc1ccc(C)c(CC(Cc2ccncc2)NN)c1. The van der Waals surface area contributed by atoms with Crippen LogP contribution in [0.25, 0.3) is 0 Å². The molecule has 1 heterocycles. The molecule has 1 aromatic carbocycles. The lowest BCUT2D eigenvalue weighted by Crippen LogP contribution is -2.38. The van der Waals surface area contributed by atoms with Crippen LogP contribution in [0.3, 0.4) is 0 Å². The van der Waals surface area contributed by atoms with Crippen LogP contribution < -0.4 is 11.3 Å². The second kappa shape index (κ2) is 6.45. The van der Waals surface area contributed by atoms with Crippen molar-refractivity contribution in [3.8, 4) is 0 Å². The van der Waals surface area contributed by atoms with Gasteiger partial charge in [0.25, 0.3) is 0 Å². The van der Waals surface area contributed by atoms with Crippen molar-refractivity contribution in [3.63, 3.8) is 0 Å². The molecule has 1 unspecified atom stereocenters. The molecular formula is C16H21N3. The van der Waals surface area contributed by atoms with Gasteiger partial charge in [0.05, 0.1) is 0 Å². The molecule has 2 aromatic rings. The number of nitrogens with one attached hydrogen (secondary N) is 1. The standard InChI is InChI=1S/C16H21N3/c1-12-3-4-13(2)15(9-12)11-16(19-17)10-14-5-7-18-8-6-14/h3-9,16,19H,10-11,17H2,1-2H3. The van der Waals surface area contributed by atoms with Gasteiger partial charge in [-0.05, 0) is 55.5 Å². The van der Waals surface area contributed by atoms with Crippen LogP contribution in [0.4, 0.5) is 0 Å². The van der Waals surface area contributed by atoms with Gasteiger partial charge >= 0.3 is 0 Å². The van der Waals surface area contributed by atoms with E-state index in [0.29, 0.717) is 0 Å². The first kappa shape index (κ1) is 13.7. The molecule has 100 valence electrons. The quantitative estimate of drug-likeness (QED) is 0.637. The first-order valence-corrected chi connectivity index (χ1v) is 6.60. The third-order valence-corrected chi connectivity index (χ3v) is 3.44. The Morgan fingerprint density at radius 3 is 2.53 bits per heavy atom. The molecule has 0 fully saturated rings. The number of aryl methyl sites for hydroxylation is 2. The maximum Gasteiger partial charge on any atom is 0.0291 e. The molecule has 0 saturated carbocycles. The molecule has 0 saturated heterocycles. The fraction of sp³-hybridized carbons (Fsp3) is 0.312. The zero-order valence-electron chi connectivity index (χ0n) is 11.6. The molecule has 0 spiro atoms. The predicted molar refractivity (Wildman–Crippen MR) is 78.7 cm³/mol. The van der Waals surface area contributed by atoms with Crippen LogP contribution in [0.2, 0.25) is 0 Å². The molecule has 0 aliphatic heterocycles. The van der Waals surface area contributed by atoms with Crippen LogP contribution in [0.5, 0.6) is 0 Å². The third kappa shape index (κ3) is 3.88. The Balaban J connectivity index is 2.09. The van der Waals surface area contributed by atoms with Crippen molar-refractivity contribution in [1.29, 1.82) is 0 Å². The number of nitrogens with two attached hydrogens (primary N) is 1. The van der Waals surface area contributed by atoms with Gasteiger partial charge < -0.3 is 0 Å². The summed E-state index contributed by atoms with van der Waals surface area (Å²) in [6.45, 7) is 4.27. The lowest BCUT2D eigenvalue weighted by molar-refractivity contribution is 0.521. The summed E-state index contributed by atoms with van der Waals surface area (Å²) in [4.78, 5) is 4.04. The topological polar surface area (TPSA) is 50.9 Å². The summed E-state index contributed by atoms with van der Waals surface area (Å²) in [6, 6.07) is 10.9. The largest absolute Gasteiger partial charge is 0.271 e. The normalized spacial score (nSPS) is 12.4. The molecule has 0 amide bonds. The Kier molecular flexibility index (Phi) is 4.66. The lowest BCUT2D eigenvalue weighted by Gasteiger charge is -2.17. The van der Waals surface area contributed by atoms with E-state index in [4.69, 9.17) is 5.84 Å². The van der Waals surface area contributed by atoms with Gasteiger partial charge in [-0.2, -0.15) is 0 Å². The van der Waals surface area contributed by atoms with Crippen molar-refractivity contribution < 1.29 is 0 Å². The summed E-state index contributed by atoms with van der Waals surface area (Å²) >= 11 is 0. The summed E-state index contributed by atoms with van der Waals surface area (Å²) in [5.74, 6) is 5.69. The second-order valence-electron chi connectivity index (χ2n) is 5.06. The number of hydrogen-bond acceptors (Lipinski definition) is 3. The Labute approximate surface area is 114 Å². The first-order chi connectivity index (χ1) is 9.19. The minimum Gasteiger partial charge on any atom is -0.271 e. The summed E-state index contributed by atoms with van der Waals surface area (Å²) in [5, 5.41) is 0. The average molecular weight is 255 g/mol. The number of benzene rings is 1. The highest BCUT2D eigenvalue weighted by molar-refractivity contribution is 5.31. The number of rotatable bonds is 5. The summed E-state index contributed by atoms with van der Waals surface area (Å²) in [6.07, 6.45) is 5.49. The average Bonchev–Trinajstić information content (AvgIpc) is 2.43. The van der Waals surface area contributed by atoms with E-state index in [9.17, 15) is 0 Å². The monoisotopic (exact) mass is 255 g/mol. The van der Waals surface area contributed by atoms with E-state index in [1.54, 1.807) is 0 Å². The third-order valence-electron chi connectivity index (χ3n) is 3.44. The molecule has 1 atom stereocenters. The van der Waals surface area contributed by atoms with E-state index < -0.39 is 0 Å². The van der Waals surface area contributed by atoms with Crippen molar-refractivity contribution >= 4 is 0 Å². The number of hydrogen-bond donors (Lipinski definition) is 2. The number of pyridine rings is 1. The number of hydrazine groups is 1. The van der Waals surface area contributed by atoms with Crippen LogP contribution in [-0.2, 0) is 12.8 Å². The molecular weight excluding hydrogens is 234 g/mol. The van der Waals surface area contributed by atoms with Crippen LogP contribution in [0.15, 0.2) is 42.7 Å². The maximum atomic E-state index is 5.69. The van der Waals surface area contributed by atoms with Gasteiger partial charge in [-0.3, -0.25) is 16.3 Å². The van der Waals surface area contributed by atoms with E-state index >= 15 is 0 Å². The van der Waals surface area contributed by atoms with Crippen molar-refractivity contribution in [2.45, 2.75) is 32.7 Å². The van der Waals surface area contributed by atoms with Crippen LogP contribution in [-0.4, -0.2) is 11.0 Å². The van der Waals surface area contributed by atoms with E-state index in [0.717, 1.165) is 12.8 Å². The molecule has 0 aliphatic rings. The highest BCUT2D eigenvalue weighted by Gasteiger charge is 2.10. The molecule has 3 nitrogen and oxygen atoms in total. The minimum absolute atomic E-state index is 0.239. The first-order valence-electron chi connectivity index (χ1n) is 6.60. The summed E-state index contributed by atoms with van der Waals surface area (Å²) in [7, 11) is 0. The molecule has 0 aliphatic carbocycles. The van der Waals surface area contributed by atoms with Gasteiger partial charge in [-0.15, -0.1) is 0 Å². The van der Waals surface area contributed by atoms with Gasteiger partial charge in [-0.1, -0.05) is 23.8 Å². The van der Waals surface area contributed by atoms with Crippen molar-refractivity contribution in [2.75, 3.05) is 0 Å². The Hall–Kier alpha value is -1.71. The minimum atomic E-state index is 0.239. The van der Waals surface area contributed by atoms with Crippen LogP contribution in [0, 0.1) is 13.8 Å². The molecule has 2 rings (SSSR count). The smallest absolute Gasteiger partial charge is 0.0291 e. The van der Waals surface area contributed by atoms with Crippen molar-refractivity contribution in [1.82, 2.24) is 10.4 Å². The number of nitrogens with zero attached hydrogens (tertiary/aromatic N) is 1. The molecule has 3 heteroatoms. The lowest BCUT2D eigenvalue weighted by atomic mass is 9.96. The Bertz CT molecular complexity index is 523. The fourth-order valence-electron chi connectivity index (χ4n) is 2.28. The van der Waals surface area contributed by atoms with Crippen molar-refractivity contribution in [2.24, 2.45) is 5.84 Å². The highest BCUT2D eigenvalue weighted by Crippen LogP contribution is 2.14. The zero-order valence-corrected chi connectivity index (χ0v) is 11.6. The van der Waals surface area contributed by atoms with Gasteiger partial charge in [0, 0.05) is 18.4 Å². The maximum absolute atomic E-state index is 5.69. The van der Waals surface area contributed by atoms with E-state index in [2.05, 4.69) is 42.5 Å². The molecule has 0 bridgehead atoms. The fourth-order valence-corrected chi connectivity index (χ4v) is 2.28. The van der Waals surface area contributed by atoms with E-state index in [-0.39, 0.29) is 6.04 Å².